The predicted octanol–water partition coefficient (Wildman–Crippen LogP) is 5.51. The van der Waals surface area contributed by atoms with Crippen LogP contribution in [0.1, 0.15) is 39.5 Å². The fraction of sp³-hybridized carbons (Fsp3) is 0.652. The third-order valence-corrected chi connectivity index (χ3v) is 11.4. The average Bonchev–Trinajstić information content (AvgIpc) is 2.74. The highest BCUT2D eigenvalue weighted by molar-refractivity contribution is 6.76. The molecule has 0 radical (unpaired) electrons. The lowest BCUT2D eigenvalue weighted by Crippen LogP contribution is -2.66. The molecule has 0 spiro atoms. The molecule has 35 heavy (non-hydrogen) atoms. The van der Waals surface area contributed by atoms with Crippen LogP contribution in [0.4, 0.5) is 0 Å². The molecule has 196 valence electrons. The maximum atomic E-state index is 12.1. The molecular formula is C23H32Cl3NO7Si. The summed E-state index contributed by atoms with van der Waals surface area (Å²) in [4.78, 5) is 12.1. The molecule has 2 aliphatic rings. The number of carbonyl (C=O) groups is 1. The summed E-state index contributed by atoms with van der Waals surface area (Å²) in [6.45, 7) is 11.9. The van der Waals surface area contributed by atoms with Crippen molar-refractivity contribution in [3.63, 3.8) is 0 Å². The molecule has 0 amide bonds. The van der Waals surface area contributed by atoms with E-state index in [0.717, 1.165) is 5.56 Å². The first-order valence-electron chi connectivity index (χ1n) is 11.2. The van der Waals surface area contributed by atoms with Crippen molar-refractivity contribution in [1.29, 1.82) is 5.41 Å². The normalized spacial score (nSPS) is 29.7. The maximum absolute atomic E-state index is 12.1. The minimum absolute atomic E-state index is 0.148. The zero-order valence-corrected chi connectivity index (χ0v) is 23.8. The molecular weight excluding hydrogens is 537 g/mol. The molecule has 2 fully saturated rings. The summed E-state index contributed by atoms with van der Waals surface area (Å²) in [5.74, 6) is -1.25. The second kappa shape index (κ2) is 10.8. The third-order valence-electron chi connectivity index (χ3n) is 6.39. The van der Waals surface area contributed by atoms with Crippen LogP contribution in [-0.4, -0.2) is 61.3 Å². The Bertz CT molecular complexity index is 907. The molecule has 0 saturated carbocycles. The van der Waals surface area contributed by atoms with E-state index in [1.165, 1.54) is 6.92 Å². The number of nitrogens with one attached hydrogen (secondary N) is 1. The Hall–Kier alpha value is -0.913. The van der Waals surface area contributed by atoms with Crippen LogP contribution >= 0.6 is 34.8 Å². The highest BCUT2D eigenvalue weighted by Gasteiger charge is 2.56. The number of ether oxygens (including phenoxy) is 5. The summed E-state index contributed by atoms with van der Waals surface area (Å²) in [6.07, 6.45) is -5.13. The molecule has 0 aliphatic carbocycles. The highest BCUT2D eigenvalue weighted by atomic mass is 35.6. The van der Waals surface area contributed by atoms with Gasteiger partial charge in [-0.1, -0.05) is 85.9 Å². The Kier molecular flexibility index (Phi) is 8.87. The van der Waals surface area contributed by atoms with E-state index in [1.807, 2.05) is 30.3 Å². The molecule has 1 aromatic rings. The number of halogens is 3. The predicted molar refractivity (Wildman–Crippen MR) is 135 cm³/mol. The van der Waals surface area contributed by atoms with Crippen molar-refractivity contribution < 1.29 is 32.9 Å². The number of fused-ring (bicyclic) bond motifs is 1. The summed E-state index contributed by atoms with van der Waals surface area (Å²) in [7, 11) is -2.42. The van der Waals surface area contributed by atoms with Gasteiger partial charge in [-0.15, -0.1) is 0 Å². The van der Waals surface area contributed by atoms with Crippen LogP contribution in [0.3, 0.4) is 0 Å². The van der Waals surface area contributed by atoms with E-state index in [2.05, 4.69) is 33.9 Å². The summed E-state index contributed by atoms with van der Waals surface area (Å²) >= 11 is 17.5. The smallest absolute Gasteiger partial charge is 0.303 e. The van der Waals surface area contributed by atoms with Crippen molar-refractivity contribution in [3.8, 4) is 0 Å². The number of carbonyl (C=O) groups excluding carboxylic acids is 1. The number of hydrogen-bond acceptors (Lipinski definition) is 8. The van der Waals surface area contributed by atoms with E-state index < -0.39 is 61.0 Å². The number of esters is 1. The summed E-state index contributed by atoms with van der Waals surface area (Å²) in [6, 6.07) is 9.48. The molecule has 0 aromatic heterocycles. The summed E-state index contributed by atoms with van der Waals surface area (Å²) in [5, 5.41) is 7.88. The van der Waals surface area contributed by atoms with Crippen LogP contribution in [0.2, 0.25) is 18.1 Å². The van der Waals surface area contributed by atoms with Crippen molar-refractivity contribution >= 4 is 55.0 Å². The standard InChI is InChI=1S/C23H32Cl3NO7Si/c1-13(28)30-18-17(34-35(5,6)22(2,3)4)16-15(31-20(18)33-21(27)23(24,25)26)12-29-19(32-16)14-10-8-7-9-11-14/h7-11,15-20,27H,12H2,1-6H3/t15-,16-,17+,18+,19-,20-/m1/s1. The Morgan fingerprint density at radius 3 is 2.23 bits per heavy atom. The second-order valence-corrected chi connectivity index (χ2v) is 17.1. The van der Waals surface area contributed by atoms with E-state index >= 15 is 0 Å². The van der Waals surface area contributed by atoms with Crippen molar-refractivity contribution in [2.24, 2.45) is 0 Å². The zero-order valence-electron chi connectivity index (χ0n) is 20.5. The largest absolute Gasteiger partial charge is 0.453 e. The molecule has 1 aromatic carbocycles. The van der Waals surface area contributed by atoms with Gasteiger partial charge >= 0.3 is 5.97 Å². The number of hydrogen-bond donors (Lipinski definition) is 1. The fourth-order valence-electron chi connectivity index (χ4n) is 3.57. The van der Waals surface area contributed by atoms with Crippen LogP contribution < -0.4 is 0 Å². The van der Waals surface area contributed by atoms with Crippen LogP contribution in [0.15, 0.2) is 30.3 Å². The highest BCUT2D eigenvalue weighted by Crippen LogP contribution is 2.43. The number of alkyl halides is 3. The molecule has 8 nitrogen and oxygen atoms in total. The van der Waals surface area contributed by atoms with Crippen LogP contribution in [0.25, 0.3) is 0 Å². The minimum Gasteiger partial charge on any atom is -0.453 e. The maximum Gasteiger partial charge on any atom is 0.303 e. The minimum atomic E-state index is -2.42. The van der Waals surface area contributed by atoms with Crippen molar-refractivity contribution in [2.45, 2.75) is 86.6 Å². The first kappa shape index (κ1) is 28.7. The van der Waals surface area contributed by atoms with Crippen LogP contribution in [-0.2, 0) is 32.9 Å². The average molecular weight is 569 g/mol. The SMILES string of the molecule is CC(=O)O[C@@H]1[C@@H](OC(=N)C(Cl)(Cl)Cl)O[C@@H]2CO[C@@H](c3ccccc3)O[C@H]2[C@@H]1O[Si](C)(C)C(C)(C)C. The molecule has 1 N–H and O–H groups in total. The first-order chi connectivity index (χ1) is 16.1. The van der Waals surface area contributed by atoms with E-state index in [1.54, 1.807) is 0 Å². The lowest BCUT2D eigenvalue weighted by molar-refractivity contribution is -0.350. The Morgan fingerprint density at radius 2 is 1.69 bits per heavy atom. The van der Waals surface area contributed by atoms with Gasteiger partial charge in [-0.05, 0) is 18.1 Å². The van der Waals surface area contributed by atoms with Crippen LogP contribution in [0.5, 0.6) is 0 Å². The van der Waals surface area contributed by atoms with E-state index in [0.29, 0.717) is 0 Å². The van der Waals surface area contributed by atoms with Crippen molar-refractivity contribution in [3.05, 3.63) is 35.9 Å². The molecule has 2 aliphatic heterocycles. The lowest BCUT2D eigenvalue weighted by atomic mass is 9.97. The van der Waals surface area contributed by atoms with Crippen LogP contribution in [0, 0.1) is 5.41 Å². The summed E-state index contributed by atoms with van der Waals surface area (Å²) < 4.78 is 34.2. The van der Waals surface area contributed by atoms with Gasteiger partial charge in [0.2, 0.25) is 12.2 Å². The molecule has 2 saturated heterocycles. The first-order valence-corrected chi connectivity index (χ1v) is 15.3. The fourth-order valence-corrected chi connectivity index (χ4v) is 5.01. The van der Waals surface area contributed by atoms with Gasteiger partial charge in [-0.2, -0.15) is 0 Å². The van der Waals surface area contributed by atoms with Crippen molar-refractivity contribution in [2.75, 3.05) is 6.61 Å². The Balaban J connectivity index is 1.99. The molecule has 6 atom stereocenters. The molecule has 2 heterocycles. The van der Waals surface area contributed by atoms with E-state index in [-0.39, 0.29) is 11.6 Å². The zero-order chi connectivity index (χ0) is 26.2. The van der Waals surface area contributed by atoms with E-state index in [9.17, 15) is 4.79 Å². The van der Waals surface area contributed by atoms with Gasteiger partial charge in [0.1, 0.15) is 18.3 Å². The quantitative estimate of drug-likeness (QED) is 0.164. The Morgan fingerprint density at radius 1 is 1.06 bits per heavy atom. The van der Waals surface area contributed by atoms with Gasteiger partial charge in [-0.25, -0.2) is 0 Å². The summed E-state index contributed by atoms with van der Waals surface area (Å²) in [5.41, 5.74) is 0.831. The van der Waals surface area contributed by atoms with Gasteiger partial charge in [0.15, 0.2) is 20.7 Å². The molecule has 12 heteroatoms. The van der Waals surface area contributed by atoms with Gasteiger partial charge in [-0.3, -0.25) is 10.2 Å². The second-order valence-electron chi connectivity index (χ2n) is 10.1. The topological polar surface area (TPSA) is 96.3 Å². The van der Waals surface area contributed by atoms with Gasteiger partial charge in [0.25, 0.3) is 3.79 Å². The van der Waals surface area contributed by atoms with Gasteiger partial charge in [0, 0.05) is 12.5 Å². The molecule has 3 rings (SSSR count). The third kappa shape index (κ3) is 6.90. The van der Waals surface area contributed by atoms with E-state index in [4.69, 9.17) is 68.3 Å². The molecule has 0 bridgehead atoms. The van der Waals surface area contributed by atoms with Gasteiger partial charge in [0.05, 0.1) is 6.61 Å². The lowest BCUT2D eigenvalue weighted by Gasteiger charge is -2.51. The van der Waals surface area contributed by atoms with Crippen molar-refractivity contribution in [1.82, 2.24) is 0 Å². The van der Waals surface area contributed by atoms with Gasteiger partial charge < -0.3 is 28.1 Å². The monoisotopic (exact) mass is 567 g/mol. The Labute approximate surface area is 222 Å². The number of rotatable bonds is 5. The molecule has 0 unspecified atom stereocenters. The number of benzene rings is 1.